The average molecular weight is 790 g/mol. The summed E-state index contributed by atoms with van der Waals surface area (Å²) in [6, 6.07) is 54.8. The van der Waals surface area contributed by atoms with Crippen LogP contribution in [0.5, 0.6) is 0 Å². The van der Waals surface area contributed by atoms with Gasteiger partial charge in [0.05, 0.1) is 0 Å². The van der Waals surface area contributed by atoms with Crippen molar-refractivity contribution < 1.29 is 4.42 Å². The normalized spacial score (nSPS) is 22.4. The molecule has 5 aliphatic carbocycles. The van der Waals surface area contributed by atoms with Crippen LogP contribution >= 0.6 is 11.3 Å². The lowest BCUT2D eigenvalue weighted by Crippen LogP contribution is -2.55. The third-order valence-electron chi connectivity index (χ3n) is 14.9. The van der Waals surface area contributed by atoms with Crippen LogP contribution in [0, 0.1) is 23.7 Å². The molecule has 0 saturated heterocycles. The first kappa shape index (κ1) is 33.4. The van der Waals surface area contributed by atoms with E-state index >= 15 is 0 Å². The third kappa shape index (κ3) is 4.59. The Morgan fingerprint density at radius 3 is 1.93 bits per heavy atom. The minimum Gasteiger partial charge on any atom is -0.455 e. The molecule has 5 heteroatoms. The number of para-hydroxylation sites is 2. The Morgan fingerprint density at radius 1 is 0.450 bits per heavy atom. The number of benzene rings is 7. The van der Waals surface area contributed by atoms with E-state index in [0.29, 0.717) is 17.5 Å². The fourth-order valence-electron chi connectivity index (χ4n) is 12.8. The van der Waals surface area contributed by atoms with Crippen molar-refractivity contribution in [3.05, 3.63) is 163 Å². The Bertz CT molecular complexity index is 3390. The van der Waals surface area contributed by atoms with E-state index in [0.717, 1.165) is 73.4 Å². The largest absolute Gasteiger partial charge is 0.455 e. The fourth-order valence-corrected chi connectivity index (χ4v) is 14.0. The van der Waals surface area contributed by atoms with Gasteiger partial charge in [0, 0.05) is 58.6 Å². The standard InChI is InChI=1S/C55H39N3OS/c1-2-11-33(12-3-1)52-56-53(35-14-8-13-34(28-35)38-17-9-18-41-40-16-5-7-22-48(40)59-50(38)41)58-54(57-52)43-20-10-19-42-45-29-47-44(30-49(45)60-51(42)43)39-15-4-6-21-46(39)55(47)36-24-31-23-32(26-36)27-37(55)25-31/h1-22,28-32,36-37H,23-27H2. The molecule has 7 aromatic carbocycles. The Labute approximate surface area is 351 Å². The zero-order valence-corrected chi connectivity index (χ0v) is 33.8. The zero-order valence-electron chi connectivity index (χ0n) is 32.9. The van der Waals surface area contributed by atoms with Crippen molar-refractivity contribution in [3.8, 4) is 56.4 Å². The van der Waals surface area contributed by atoms with E-state index in [4.69, 9.17) is 19.4 Å². The summed E-state index contributed by atoms with van der Waals surface area (Å²) in [5, 5.41) is 4.88. The van der Waals surface area contributed by atoms with Crippen LogP contribution in [0.15, 0.2) is 156 Å². The van der Waals surface area contributed by atoms with Gasteiger partial charge in [0.2, 0.25) is 0 Å². The van der Waals surface area contributed by atoms with Gasteiger partial charge in [-0.25, -0.2) is 15.0 Å². The Kier molecular flexibility index (Phi) is 6.85. The summed E-state index contributed by atoms with van der Waals surface area (Å²) in [4.78, 5) is 15.7. The van der Waals surface area contributed by atoms with Crippen LogP contribution < -0.4 is 0 Å². The lowest BCUT2D eigenvalue weighted by molar-refractivity contribution is -0.0398. The average Bonchev–Trinajstić information content (AvgIpc) is 3.95. The first-order chi connectivity index (χ1) is 29.7. The summed E-state index contributed by atoms with van der Waals surface area (Å²) in [5.41, 5.74) is 13.1. The zero-order chi connectivity index (χ0) is 39.1. The highest BCUT2D eigenvalue weighted by Gasteiger charge is 2.61. The van der Waals surface area contributed by atoms with Crippen molar-refractivity contribution >= 4 is 53.4 Å². The lowest BCUT2D eigenvalue weighted by Gasteiger charge is -2.61. The molecular weight excluding hydrogens is 751 g/mol. The summed E-state index contributed by atoms with van der Waals surface area (Å²) in [6.45, 7) is 0. The van der Waals surface area contributed by atoms with E-state index in [-0.39, 0.29) is 5.41 Å². The Hall–Kier alpha value is -6.43. The molecule has 0 unspecified atom stereocenters. The molecule has 0 N–H and O–H groups in total. The lowest BCUT2D eigenvalue weighted by atomic mass is 9.43. The molecule has 4 nitrogen and oxygen atoms in total. The molecule has 5 aliphatic rings. The van der Waals surface area contributed by atoms with E-state index in [1.165, 1.54) is 63.4 Å². The minimum absolute atomic E-state index is 0.136. The summed E-state index contributed by atoms with van der Waals surface area (Å²) in [5.74, 6) is 5.31. The van der Waals surface area contributed by atoms with Crippen molar-refractivity contribution in [3.63, 3.8) is 0 Å². The number of furan rings is 1. The highest BCUT2D eigenvalue weighted by Crippen LogP contribution is 2.69. The van der Waals surface area contributed by atoms with Gasteiger partial charge in [0.15, 0.2) is 17.5 Å². The number of fused-ring (bicyclic) bond motifs is 9. The third-order valence-corrected chi connectivity index (χ3v) is 16.1. The predicted molar refractivity (Wildman–Crippen MR) is 245 cm³/mol. The molecule has 0 amide bonds. The Morgan fingerprint density at radius 2 is 1.08 bits per heavy atom. The maximum Gasteiger partial charge on any atom is 0.165 e. The summed E-state index contributed by atoms with van der Waals surface area (Å²) in [6.07, 6.45) is 7.01. The number of thiophene rings is 1. The highest BCUT2D eigenvalue weighted by molar-refractivity contribution is 7.26. The van der Waals surface area contributed by atoms with Crippen molar-refractivity contribution in [1.82, 2.24) is 15.0 Å². The van der Waals surface area contributed by atoms with Crippen LogP contribution in [0.1, 0.15) is 43.2 Å². The second-order valence-corrected chi connectivity index (χ2v) is 19.0. The molecule has 10 aromatic rings. The van der Waals surface area contributed by atoms with Crippen LogP contribution in [0.3, 0.4) is 0 Å². The van der Waals surface area contributed by atoms with E-state index < -0.39 is 0 Å². The molecule has 0 atom stereocenters. The van der Waals surface area contributed by atoms with Gasteiger partial charge in [0.25, 0.3) is 0 Å². The highest BCUT2D eigenvalue weighted by atomic mass is 32.1. The molecule has 4 fully saturated rings. The second-order valence-electron chi connectivity index (χ2n) is 17.9. The number of nitrogens with zero attached hydrogens (tertiary/aromatic N) is 3. The molecule has 3 heterocycles. The van der Waals surface area contributed by atoms with Crippen molar-refractivity contribution in [1.29, 1.82) is 0 Å². The molecule has 15 rings (SSSR count). The van der Waals surface area contributed by atoms with Crippen LogP contribution in [0.25, 0.3) is 98.5 Å². The monoisotopic (exact) mass is 789 g/mol. The van der Waals surface area contributed by atoms with E-state index in [9.17, 15) is 0 Å². The molecule has 3 aromatic heterocycles. The maximum atomic E-state index is 6.46. The van der Waals surface area contributed by atoms with Crippen molar-refractivity contribution in [2.24, 2.45) is 23.7 Å². The SMILES string of the molecule is c1ccc(-c2nc(-c3cccc(-c4cccc5c4oc4ccccc45)c3)nc(-c3cccc4c3sc3cc5c(cc34)C3(c4ccccc4-5)C4CC5CC(C4)CC3C5)n2)cc1. The van der Waals surface area contributed by atoms with E-state index in [1.54, 1.807) is 11.1 Å². The Balaban J connectivity index is 0.944. The first-order valence-electron chi connectivity index (χ1n) is 21.6. The molecular formula is C55H39N3OS. The summed E-state index contributed by atoms with van der Waals surface area (Å²) >= 11 is 1.88. The smallest absolute Gasteiger partial charge is 0.165 e. The van der Waals surface area contributed by atoms with Gasteiger partial charge in [-0.05, 0) is 114 Å². The molecule has 0 radical (unpaired) electrons. The van der Waals surface area contributed by atoms with Crippen LogP contribution in [-0.4, -0.2) is 15.0 Å². The van der Waals surface area contributed by atoms with Gasteiger partial charge in [-0.15, -0.1) is 11.3 Å². The van der Waals surface area contributed by atoms with Crippen molar-refractivity contribution in [2.45, 2.75) is 37.5 Å². The minimum atomic E-state index is 0.136. The molecule has 286 valence electrons. The summed E-state index contributed by atoms with van der Waals surface area (Å²) in [7, 11) is 0. The predicted octanol–water partition coefficient (Wildman–Crippen LogP) is 14.5. The van der Waals surface area contributed by atoms with Gasteiger partial charge >= 0.3 is 0 Å². The van der Waals surface area contributed by atoms with E-state index in [2.05, 4.69) is 121 Å². The maximum absolute atomic E-state index is 6.46. The molecule has 4 bridgehead atoms. The molecule has 0 aliphatic heterocycles. The fraction of sp³-hybridized carbons (Fsp3) is 0.182. The number of hydrogen-bond acceptors (Lipinski definition) is 5. The molecule has 60 heavy (non-hydrogen) atoms. The number of aromatic nitrogens is 3. The van der Waals surface area contributed by atoms with Gasteiger partial charge in [-0.2, -0.15) is 0 Å². The summed E-state index contributed by atoms with van der Waals surface area (Å²) < 4.78 is 9.02. The van der Waals surface area contributed by atoms with Gasteiger partial charge in [-0.1, -0.05) is 121 Å². The second kappa shape index (κ2) is 12.3. The van der Waals surface area contributed by atoms with Gasteiger partial charge < -0.3 is 4.42 Å². The van der Waals surface area contributed by atoms with Crippen LogP contribution in [0.2, 0.25) is 0 Å². The van der Waals surface area contributed by atoms with Crippen LogP contribution in [-0.2, 0) is 5.41 Å². The van der Waals surface area contributed by atoms with Gasteiger partial charge in [-0.3, -0.25) is 0 Å². The van der Waals surface area contributed by atoms with Gasteiger partial charge in [0.1, 0.15) is 11.2 Å². The first-order valence-corrected chi connectivity index (χ1v) is 22.4. The van der Waals surface area contributed by atoms with Crippen LogP contribution in [0.4, 0.5) is 0 Å². The number of hydrogen-bond donors (Lipinski definition) is 0. The topological polar surface area (TPSA) is 51.8 Å². The quantitative estimate of drug-likeness (QED) is 0.178. The van der Waals surface area contributed by atoms with E-state index in [1.807, 2.05) is 41.7 Å². The number of rotatable bonds is 4. The molecule has 4 saturated carbocycles. The molecule has 1 spiro atoms. The van der Waals surface area contributed by atoms with Crippen molar-refractivity contribution in [2.75, 3.05) is 0 Å².